The first-order valence-corrected chi connectivity index (χ1v) is 7.24. The second kappa shape index (κ2) is 7.61. The van der Waals surface area contributed by atoms with E-state index in [2.05, 4.69) is 10.2 Å². The van der Waals surface area contributed by atoms with E-state index in [9.17, 15) is 9.82 Å². The van der Waals surface area contributed by atoms with Gasteiger partial charge in [0.15, 0.2) is 5.69 Å². The summed E-state index contributed by atoms with van der Waals surface area (Å²) < 4.78 is 4.99. The van der Waals surface area contributed by atoms with Gasteiger partial charge in [-0.1, -0.05) is 30.3 Å². The lowest BCUT2D eigenvalue weighted by atomic mass is 9.88. The van der Waals surface area contributed by atoms with Crippen LogP contribution in [0.4, 0.5) is 5.69 Å². The molecule has 2 N–H and O–H groups in total. The largest absolute Gasteiger partial charge is 0.461 e. The number of ether oxygens (including phenoxy) is 1. The molecule has 0 unspecified atom stereocenters. The topological polar surface area (TPSA) is 71.5 Å². The van der Waals surface area contributed by atoms with Gasteiger partial charge in [-0.2, -0.15) is 0 Å². The van der Waals surface area contributed by atoms with Crippen LogP contribution in [0.15, 0.2) is 42.6 Å². The number of hydrogen-bond donors (Lipinski definition) is 2. The smallest absolute Gasteiger partial charge is 0.406 e. The molecule has 0 fully saturated rings. The second-order valence-corrected chi connectivity index (χ2v) is 4.94. The van der Waals surface area contributed by atoms with E-state index in [1.807, 2.05) is 36.4 Å². The van der Waals surface area contributed by atoms with Crippen molar-refractivity contribution in [3.8, 4) is 0 Å². The SMILES string of the molecule is CCOC(=O)c1ncc(Cc2ccccc2)cc1NB(C)O. The molecule has 1 aromatic heterocycles. The van der Waals surface area contributed by atoms with Crippen molar-refractivity contribution in [2.75, 3.05) is 11.8 Å². The summed E-state index contributed by atoms with van der Waals surface area (Å²) in [6.07, 6.45) is 2.36. The predicted octanol–water partition coefficient (Wildman–Crippen LogP) is 2.37. The Bertz CT molecular complexity index is 633. The predicted molar refractivity (Wildman–Crippen MR) is 86.9 cm³/mol. The Morgan fingerprint density at radius 2 is 2.05 bits per heavy atom. The number of anilines is 1. The number of nitrogens with zero attached hydrogens (tertiary/aromatic N) is 1. The van der Waals surface area contributed by atoms with Gasteiger partial charge in [0, 0.05) is 6.20 Å². The van der Waals surface area contributed by atoms with Crippen LogP contribution in [0, 0.1) is 0 Å². The highest BCUT2D eigenvalue weighted by atomic mass is 16.5. The number of rotatable bonds is 6. The molecule has 0 bridgehead atoms. The average Bonchev–Trinajstić information content (AvgIpc) is 2.48. The van der Waals surface area contributed by atoms with E-state index >= 15 is 0 Å². The van der Waals surface area contributed by atoms with Crippen molar-refractivity contribution in [2.45, 2.75) is 20.2 Å². The Labute approximate surface area is 130 Å². The average molecular weight is 298 g/mol. The molecule has 0 aliphatic rings. The van der Waals surface area contributed by atoms with Gasteiger partial charge in [0.1, 0.15) is 0 Å². The fraction of sp³-hybridized carbons (Fsp3) is 0.250. The number of benzene rings is 1. The first kappa shape index (κ1) is 16.0. The standard InChI is InChI=1S/C16H19BN2O3/c1-3-22-16(20)15-14(19-17(2)21)10-13(11-18-15)9-12-7-5-4-6-8-12/h4-8,10-11,19,21H,3,9H2,1-2H3. The minimum Gasteiger partial charge on any atom is -0.461 e. The molecule has 22 heavy (non-hydrogen) atoms. The zero-order valence-corrected chi connectivity index (χ0v) is 12.7. The maximum atomic E-state index is 11.9. The van der Waals surface area contributed by atoms with Gasteiger partial charge in [-0.3, -0.25) is 0 Å². The number of carbonyl (C=O) groups is 1. The quantitative estimate of drug-likeness (QED) is 0.633. The van der Waals surface area contributed by atoms with Crippen LogP contribution in [0.2, 0.25) is 6.82 Å². The minimum absolute atomic E-state index is 0.180. The first-order valence-electron chi connectivity index (χ1n) is 7.24. The third-order valence-corrected chi connectivity index (χ3v) is 3.03. The molecule has 0 saturated heterocycles. The molecular weight excluding hydrogens is 279 g/mol. The summed E-state index contributed by atoms with van der Waals surface area (Å²) in [5, 5.41) is 12.4. The molecule has 114 valence electrons. The molecule has 2 rings (SSSR count). The highest BCUT2D eigenvalue weighted by Gasteiger charge is 2.17. The Hall–Kier alpha value is -2.34. The summed E-state index contributed by atoms with van der Waals surface area (Å²) in [4.78, 5) is 16.1. The molecule has 0 atom stereocenters. The Morgan fingerprint density at radius 3 is 2.68 bits per heavy atom. The molecule has 0 saturated carbocycles. The molecule has 1 aromatic carbocycles. The van der Waals surface area contributed by atoms with Crippen LogP contribution in [-0.2, 0) is 11.2 Å². The molecule has 0 aliphatic carbocycles. The van der Waals surface area contributed by atoms with E-state index in [4.69, 9.17) is 4.74 Å². The molecule has 5 nitrogen and oxygen atoms in total. The molecule has 0 aliphatic heterocycles. The molecule has 0 amide bonds. The van der Waals surface area contributed by atoms with Gasteiger partial charge in [0.25, 0.3) is 0 Å². The van der Waals surface area contributed by atoms with E-state index in [0.29, 0.717) is 12.1 Å². The lowest BCUT2D eigenvalue weighted by molar-refractivity contribution is 0.0521. The normalized spacial score (nSPS) is 10.1. The van der Waals surface area contributed by atoms with Crippen molar-refractivity contribution in [3.05, 3.63) is 59.4 Å². The van der Waals surface area contributed by atoms with Gasteiger partial charge in [-0.25, -0.2) is 9.78 Å². The van der Waals surface area contributed by atoms with Gasteiger partial charge < -0.3 is 15.0 Å². The Balaban J connectivity index is 2.28. The maximum Gasteiger partial charge on any atom is 0.406 e. The van der Waals surface area contributed by atoms with Crippen molar-refractivity contribution in [1.29, 1.82) is 0 Å². The summed E-state index contributed by atoms with van der Waals surface area (Å²) in [7, 11) is -0.790. The number of carbonyl (C=O) groups excluding carboxylic acids is 1. The minimum atomic E-state index is -0.790. The third-order valence-electron chi connectivity index (χ3n) is 3.03. The first-order chi connectivity index (χ1) is 10.6. The lowest BCUT2D eigenvalue weighted by Crippen LogP contribution is -2.22. The number of pyridine rings is 1. The van der Waals surface area contributed by atoms with Gasteiger partial charge in [0.05, 0.1) is 12.3 Å². The highest BCUT2D eigenvalue weighted by Crippen LogP contribution is 2.19. The van der Waals surface area contributed by atoms with Crippen LogP contribution < -0.4 is 5.23 Å². The monoisotopic (exact) mass is 298 g/mol. The van der Waals surface area contributed by atoms with Crippen LogP contribution in [0.5, 0.6) is 0 Å². The zero-order chi connectivity index (χ0) is 15.9. The van der Waals surface area contributed by atoms with E-state index < -0.39 is 13.0 Å². The van der Waals surface area contributed by atoms with Crippen molar-refractivity contribution >= 4 is 18.7 Å². The van der Waals surface area contributed by atoms with Crippen LogP contribution >= 0.6 is 0 Å². The number of nitrogens with one attached hydrogen (secondary N) is 1. The molecule has 2 aromatic rings. The van der Waals surface area contributed by atoms with Crippen molar-refractivity contribution in [2.24, 2.45) is 0 Å². The molecule has 0 spiro atoms. The van der Waals surface area contributed by atoms with Crippen molar-refractivity contribution in [3.63, 3.8) is 0 Å². The number of esters is 1. The second-order valence-electron chi connectivity index (χ2n) is 4.94. The van der Waals surface area contributed by atoms with E-state index in [-0.39, 0.29) is 12.3 Å². The maximum absolute atomic E-state index is 11.9. The van der Waals surface area contributed by atoms with E-state index in [0.717, 1.165) is 11.1 Å². The third kappa shape index (κ3) is 4.33. The Kier molecular flexibility index (Phi) is 5.55. The van der Waals surface area contributed by atoms with Gasteiger partial charge in [-0.05, 0) is 37.4 Å². The van der Waals surface area contributed by atoms with Gasteiger partial charge >= 0.3 is 13.0 Å². The van der Waals surface area contributed by atoms with Crippen molar-refractivity contribution in [1.82, 2.24) is 4.98 Å². The lowest BCUT2D eigenvalue weighted by Gasteiger charge is -2.12. The van der Waals surface area contributed by atoms with E-state index in [1.165, 1.54) is 0 Å². The van der Waals surface area contributed by atoms with Gasteiger partial charge in [0.2, 0.25) is 0 Å². The highest BCUT2D eigenvalue weighted by molar-refractivity contribution is 6.53. The zero-order valence-electron chi connectivity index (χ0n) is 12.7. The fourth-order valence-corrected chi connectivity index (χ4v) is 2.13. The number of hydrogen-bond acceptors (Lipinski definition) is 5. The van der Waals surface area contributed by atoms with Crippen LogP contribution in [0.25, 0.3) is 0 Å². The molecule has 1 heterocycles. The summed E-state index contributed by atoms with van der Waals surface area (Å²) in [6, 6.07) is 11.8. The molecule has 0 radical (unpaired) electrons. The fourth-order valence-electron chi connectivity index (χ4n) is 2.13. The summed E-state index contributed by atoms with van der Waals surface area (Å²) in [5.41, 5.74) is 2.75. The summed E-state index contributed by atoms with van der Waals surface area (Å²) in [6.45, 7) is 3.60. The Morgan fingerprint density at radius 1 is 1.32 bits per heavy atom. The number of aromatic nitrogens is 1. The summed E-state index contributed by atoms with van der Waals surface area (Å²) in [5.74, 6) is -0.503. The van der Waals surface area contributed by atoms with Crippen LogP contribution in [0.3, 0.4) is 0 Å². The van der Waals surface area contributed by atoms with Gasteiger partial charge in [-0.15, -0.1) is 0 Å². The van der Waals surface area contributed by atoms with Crippen LogP contribution in [-0.4, -0.2) is 29.6 Å². The summed E-state index contributed by atoms with van der Waals surface area (Å²) >= 11 is 0. The van der Waals surface area contributed by atoms with Crippen LogP contribution in [0.1, 0.15) is 28.5 Å². The molecule has 6 heteroatoms. The molecular formula is C16H19BN2O3. The van der Waals surface area contributed by atoms with E-state index in [1.54, 1.807) is 19.9 Å². The van der Waals surface area contributed by atoms with Crippen molar-refractivity contribution < 1.29 is 14.6 Å².